The molecule has 160 valence electrons. The Morgan fingerprint density at radius 1 is 0.893 bits per heavy atom. The van der Waals surface area contributed by atoms with E-state index in [-0.39, 0.29) is 18.3 Å². The lowest BCUT2D eigenvalue weighted by Crippen LogP contribution is -2.06. The maximum absolute atomic E-state index is 11.9. The van der Waals surface area contributed by atoms with Crippen LogP contribution in [0.4, 0.5) is 0 Å². The molecule has 4 nitrogen and oxygen atoms in total. The normalized spacial score (nSPS) is 12.2. The van der Waals surface area contributed by atoms with Crippen LogP contribution in [0.3, 0.4) is 0 Å². The first kappa shape index (κ1) is 24.6. The Kier molecular flexibility index (Phi) is 14.5. The number of unbranched alkanes of at least 4 members (excludes halogenated alkanes) is 10. The molecular weight excluding hydrogens is 352 g/mol. The number of Topliss-reactive ketones (excluding diaryl/α,β-unsaturated/α-hetero) is 1. The molecule has 0 spiro atoms. The zero-order valence-corrected chi connectivity index (χ0v) is 17.8. The van der Waals surface area contributed by atoms with E-state index in [1.807, 2.05) is 0 Å². The summed E-state index contributed by atoms with van der Waals surface area (Å²) in [5.74, 6) is 0.603. The number of hydrogen-bond donors (Lipinski definition) is 1. The van der Waals surface area contributed by atoms with Crippen molar-refractivity contribution in [2.24, 2.45) is 0 Å². The lowest BCUT2D eigenvalue weighted by Gasteiger charge is -2.10. The van der Waals surface area contributed by atoms with Crippen molar-refractivity contribution in [1.82, 2.24) is 0 Å². The predicted molar refractivity (Wildman–Crippen MR) is 115 cm³/mol. The third kappa shape index (κ3) is 13.7. The maximum Gasteiger partial charge on any atom is 0.335 e. The van der Waals surface area contributed by atoms with Gasteiger partial charge >= 0.3 is 5.63 Å². The van der Waals surface area contributed by atoms with Crippen LogP contribution in [0.2, 0.25) is 0 Å². The van der Waals surface area contributed by atoms with Crippen molar-refractivity contribution < 1.29 is 14.3 Å². The summed E-state index contributed by atoms with van der Waals surface area (Å²) in [6.07, 6.45) is 16.8. The van der Waals surface area contributed by atoms with Gasteiger partial charge in [-0.3, -0.25) is 4.79 Å². The van der Waals surface area contributed by atoms with Crippen LogP contribution < -0.4 is 5.63 Å². The first-order valence-corrected chi connectivity index (χ1v) is 11.4. The number of aliphatic hydroxyl groups is 1. The SMILES string of the molecule is CCCCCCC(O)CCCCCCCCCCC(=O)Cc1cccc(=O)o1. The molecule has 1 rings (SSSR count). The Hall–Kier alpha value is -1.42. The van der Waals surface area contributed by atoms with Gasteiger partial charge in [-0.15, -0.1) is 0 Å². The van der Waals surface area contributed by atoms with Gasteiger partial charge in [0.2, 0.25) is 0 Å². The highest BCUT2D eigenvalue weighted by Gasteiger charge is 2.06. The van der Waals surface area contributed by atoms with Gasteiger partial charge in [-0.05, 0) is 25.3 Å². The molecule has 0 fully saturated rings. The molecule has 1 atom stereocenters. The van der Waals surface area contributed by atoms with Gasteiger partial charge in [0.1, 0.15) is 11.5 Å². The van der Waals surface area contributed by atoms with Gasteiger partial charge in [0.05, 0.1) is 12.5 Å². The quantitative estimate of drug-likeness (QED) is 0.312. The van der Waals surface area contributed by atoms with Crippen molar-refractivity contribution in [3.8, 4) is 0 Å². The second-order valence-corrected chi connectivity index (χ2v) is 8.00. The zero-order valence-electron chi connectivity index (χ0n) is 17.8. The van der Waals surface area contributed by atoms with Crippen LogP contribution in [-0.4, -0.2) is 17.0 Å². The van der Waals surface area contributed by atoms with Gasteiger partial charge in [-0.2, -0.15) is 0 Å². The molecule has 1 unspecified atom stereocenters. The van der Waals surface area contributed by atoms with Crippen LogP contribution in [0, 0.1) is 0 Å². The van der Waals surface area contributed by atoms with Gasteiger partial charge in [0.15, 0.2) is 0 Å². The molecule has 1 N–H and O–H groups in total. The fraction of sp³-hybridized carbons (Fsp3) is 0.750. The molecule has 0 aliphatic rings. The number of carbonyl (C=O) groups is 1. The lowest BCUT2D eigenvalue weighted by molar-refractivity contribution is -0.118. The minimum absolute atomic E-state index is 0.0988. The minimum atomic E-state index is -0.396. The van der Waals surface area contributed by atoms with Crippen molar-refractivity contribution in [3.05, 3.63) is 34.4 Å². The number of carbonyl (C=O) groups excluding carboxylic acids is 1. The third-order valence-corrected chi connectivity index (χ3v) is 5.25. The molecule has 0 amide bonds. The van der Waals surface area contributed by atoms with Crippen molar-refractivity contribution >= 4 is 5.78 Å². The van der Waals surface area contributed by atoms with Crippen LogP contribution in [0.5, 0.6) is 0 Å². The topological polar surface area (TPSA) is 67.5 Å². The Balaban J connectivity index is 1.87. The van der Waals surface area contributed by atoms with Gasteiger partial charge in [0, 0.05) is 12.5 Å². The number of aliphatic hydroxyl groups excluding tert-OH is 1. The molecule has 1 aromatic rings. The van der Waals surface area contributed by atoms with Gasteiger partial charge in [0.25, 0.3) is 0 Å². The molecular formula is C24H40O4. The Morgan fingerprint density at radius 2 is 1.46 bits per heavy atom. The van der Waals surface area contributed by atoms with Crippen LogP contribution >= 0.6 is 0 Å². The molecule has 1 aromatic heterocycles. The molecule has 0 aliphatic carbocycles. The molecule has 4 heteroatoms. The fourth-order valence-electron chi connectivity index (χ4n) is 3.52. The minimum Gasteiger partial charge on any atom is -0.427 e. The summed E-state index contributed by atoms with van der Waals surface area (Å²) in [7, 11) is 0. The van der Waals surface area contributed by atoms with Gasteiger partial charge in [-0.1, -0.05) is 83.6 Å². The summed E-state index contributed by atoms with van der Waals surface area (Å²) in [4.78, 5) is 23.0. The van der Waals surface area contributed by atoms with E-state index in [1.54, 1.807) is 12.1 Å². The molecule has 28 heavy (non-hydrogen) atoms. The maximum atomic E-state index is 11.9. The zero-order chi connectivity index (χ0) is 20.5. The molecule has 0 saturated heterocycles. The van der Waals surface area contributed by atoms with E-state index in [9.17, 15) is 14.7 Å². The van der Waals surface area contributed by atoms with Crippen molar-refractivity contribution in [3.63, 3.8) is 0 Å². The fourth-order valence-corrected chi connectivity index (χ4v) is 3.52. The monoisotopic (exact) mass is 392 g/mol. The average molecular weight is 393 g/mol. The second kappa shape index (κ2) is 16.5. The molecule has 0 aromatic carbocycles. The Bertz CT molecular complexity index is 564. The Labute approximate surface area is 170 Å². The van der Waals surface area contributed by atoms with E-state index in [1.165, 1.54) is 57.4 Å². The van der Waals surface area contributed by atoms with Gasteiger partial charge in [-0.25, -0.2) is 4.79 Å². The van der Waals surface area contributed by atoms with Crippen molar-refractivity contribution in [2.45, 2.75) is 116 Å². The number of hydrogen-bond acceptors (Lipinski definition) is 4. The molecule has 0 radical (unpaired) electrons. The number of rotatable bonds is 18. The summed E-state index contributed by atoms with van der Waals surface area (Å²) in [5, 5.41) is 9.95. The van der Waals surface area contributed by atoms with Crippen LogP contribution in [-0.2, 0) is 11.2 Å². The van der Waals surface area contributed by atoms with E-state index in [0.29, 0.717) is 12.2 Å². The van der Waals surface area contributed by atoms with Crippen LogP contribution in [0.1, 0.15) is 109 Å². The molecule has 0 bridgehead atoms. The molecule has 0 saturated carbocycles. The highest BCUT2D eigenvalue weighted by molar-refractivity contribution is 5.80. The first-order chi connectivity index (χ1) is 13.6. The number of ketones is 1. The summed E-state index contributed by atoms with van der Waals surface area (Å²) >= 11 is 0. The van der Waals surface area contributed by atoms with E-state index >= 15 is 0 Å². The van der Waals surface area contributed by atoms with Crippen molar-refractivity contribution in [2.75, 3.05) is 0 Å². The predicted octanol–water partition coefficient (Wildman–Crippen LogP) is 5.98. The summed E-state index contributed by atoms with van der Waals surface area (Å²) in [6.45, 7) is 2.21. The summed E-state index contributed by atoms with van der Waals surface area (Å²) in [5.41, 5.74) is -0.396. The van der Waals surface area contributed by atoms with Crippen LogP contribution in [0.15, 0.2) is 27.4 Å². The van der Waals surface area contributed by atoms with E-state index in [4.69, 9.17) is 4.42 Å². The third-order valence-electron chi connectivity index (χ3n) is 5.25. The lowest BCUT2D eigenvalue weighted by atomic mass is 10.0. The highest BCUT2D eigenvalue weighted by Crippen LogP contribution is 2.14. The summed E-state index contributed by atoms with van der Waals surface area (Å²) in [6, 6.07) is 4.66. The Morgan fingerprint density at radius 3 is 2.07 bits per heavy atom. The van der Waals surface area contributed by atoms with E-state index in [2.05, 4.69) is 6.92 Å². The van der Waals surface area contributed by atoms with E-state index in [0.717, 1.165) is 38.5 Å². The summed E-state index contributed by atoms with van der Waals surface area (Å²) < 4.78 is 4.99. The highest BCUT2D eigenvalue weighted by atomic mass is 16.4. The van der Waals surface area contributed by atoms with Gasteiger partial charge < -0.3 is 9.52 Å². The largest absolute Gasteiger partial charge is 0.427 e. The van der Waals surface area contributed by atoms with E-state index < -0.39 is 5.63 Å². The average Bonchev–Trinajstić information content (AvgIpc) is 2.66. The molecule has 1 heterocycles. The smallest absolute Gasteiger partial charge is 0.335 e. The first-order valence-electron chi connectivity index (χ1n) is 11.4. The molecule has 0 aliphatic heterocycles. The van der Waals surface area contributed by atoms with Crippen molar-refractivity contribution in [1.29, 1.82) is 0 Å². The second-order valence-electron chi connectivity index (χ2n) is 8.00. The standard InChI is InChI=1S/C24H40O4/c1-2-3-4-11-15-21(25)16-12-9-7-5-6-8-10-13-17-22(26)20-23-18-14-19-24(27)28-23/h14,18-19,21,25H,2-13,15-17,20H2,1H3. The van der Waals surface area contributed by atoms with Crippen LogP contribution in [0.25, 0.3) is 0 Å².